The second-order valence-corrected chi connectivity index (χ2v) is 25.9. The minimum atomic E-state index is -1.77. The standard InChI is InChI=1S/C61H92N2O20/c1-27-14-17-42(79-47-25-59(10,63-72)54(35(9)78-47)62-58(71)74-13)28(2)19-37-20-36(26-64)31(5)24-61(37)56(69)48(57(70)83-61)55(68)60(11)39(27)16-15-38-49(60)29(3)18-30(4)51(38)81-46-23-43(50(67)32(6)75-46)80-44-22-41(66)53(34(8)77-44)82-45-21-40(65)52(73-12)33(7)76-45/h14-16,19-20,29-35,37-47,49-54,63-68,72H,17-18,21-26H2,1-13H3,(H,62,71)/b27-14-,28-19-,55-48-/t29-,30-,31+,32-,33-,34-,35+,37+,38-,39-,40+,41+,42-,43+,44-,45+,46-,47-,49+,50-,51-,52-,53-,54-,59-,60+,61-/m0/s1. The van der Waals surface area contributed by atoms with Gasteiger partial charge >= 0.3 is 12.1 Å². The zero-order chi connectivity index (χ0) is 60.4. The number of allylic oxidation sites excluding steroid dienone is 3. The molecule has 27 atom stereocenters. The average molecular weight is 1170 g/mol. The minimum Gasteiger partial charge on any atom is -0.511 e. The molecular weight excluding hydrogens is 1080 g/mol. The molecule has 9 rings (SSSR count). The molecule has 0 aromatic carbocycles. The third-order valence-corrected chi connectivity index (χ3v) is 20.2. The molecular formula is C61H92N2O20. The van der Waals surface area contributed by atoms with Crippen LogP contribution in [-0.4, -0.2) is 185 Å². The van der Waals surface area contributed by atoms with E-state index in [1.165, 1.54) is 14.2 Å². The van der Waals surface area contributed by atoms with Gasteiger partial charge < -0.3 is 88.2 Å². The van der Waals surface area contributed by atoms with Gasteiger partial charge in [0.25, 0.3) is 0 Å². The van der Waals surface area contributed by atoms with Gasteiger partial charge in [0.2, 0.25) is 5.78 Å². The molecule has 466 valence electrons. The normalized spacial score (nSPS) is 49.8. The van der Waals surface area contributed by atoms with Crippen molar-refractivity contribution in [2.24, 2.45) is 46.8 Å². The molecule has 5 heterocycles. The molecule has 83 heavy (non-hydrogen) atoms. The minimum absolute atomic E-state index is 0.0261. The summed E-state index contributed by atoms with van der Waals surface area (Å²) in [6.07, 6.45) is -1.85. The predicted octanol–water partition coefficient (Wildman–Crippen LogP) is 5.28. The van der Waals surface area contributed by atoms with Crippen LogP contribution in [0.4, 0.5) is 4.79 Å². The van der Waals surface area contributed by atoms with E-state index < -0.39 is 168 Å². The number of hydroxylamine groups is 1. The Labute approximate surface area is 487 Å². The van der Waals surface area contributed by atoms with Crippen LogP contribution >= 0.6 is 0 Å². The summed E-state index contributed by atoms with van der Waals surface area (Å²) in [5, 5.41) is 70.8. The summed E-state index contributed by atoms with van der Waals surface area (Å²) in [6.45, 7) is 20.3. The molecule has 1 spiro atoms. The molecule has 1 amide bonds. The first-order valence-corrected chi connectivity index (χ1v) is 29.8. The molecule has 4 aliphatic carbocycles. The molecule has 5 aliphatic heterocycles. The van der Waals surface area contributed by atoms with Gasteiger partial charge in [-0.15, -0.1) is 0 Å². The number of aliphatic hydroxyl groups excluding tert-OH is 5. The number of ether oxygens (including phenoxy) is 11. The molecule has 0 unspecified atom stereocenters. The number of fused-ring (bicyclic) bond motifs is 4. The molecule has 22 nitrogen and oxygen atoms in total. The SMILES string of the molecule is COC(=O)N[C@H]1[C@@H](C)O[C@@H](O[C@H]2C/C=C(/C)[C@@H]3C=C[C@@H]4[C@@H](O[C@H]5C[C@@H](O[C@H]6C[C@@H](O)[C@@H](O[C@@H]7C[C@@H](O)[C@@H](OC)[C@H](C)O7)[C@H](C)O6)[C@@H](O)[C@H](C)O5)[C@@H](C)C[C@H](C)[C@H]4[C@]3(C)/C(O)=C3/C(=O)O[C@]4(C[C@@H](C)C(CO)=C[C@H]4/C=C\2C)C3=O)C[C@]1(C)NO. The van der Waals surface area contributed by atoms with Gasteiger partial charge in [0, 0.05) is 62.4 Å². The second-order valence-electron chi connectivity index (χ2n) is 25.9. The van der Waals surface area contributed by atoms with E-state index in [1.54, 1.807) is 40.7 Å². The highest BCUT2D eigenvalue weighted by molar-refractivity contribution is 6.26. The Morgan fingerprint density at radius 3 is 2.00 bits per heavy atom. The van der Waals surface area contributed by atoms with Crippen LogP contribution in [0.3, 0.4) is 0 Å². The quantitative estimate of drug-likeness (QED) is 0.0534. The van der Waals surface area contributed by atoms with Crippen LogP contribution in [0, 0.1) is 46.8 Å². The number of amides is 1. The largest absolute Gasteiger partial charge is 0.511 e. The number of Topliss-reactive ketones (excluding diaryl/α,β-unsaturated/α-hetero) is 1. The number of methoxy groups -OCH3 is 2. The number of aliphatic hydroxyl groups is 5. The van der Waals surface area contributed by atoms with Crippen molar-refractivity contribution in [3.63, 3.8) is 0 Å². The van der Waals surface area contributed by atoms with E-state index in [-0.39, 0.29) is 62.2 Å². The molecule has 6 fully saturated rings. The van der Waals surface area contributed by atoms with Crippen molar-refractivity contribution in [3.05, 3.63) is 58.4 Å². The van der Waals surface area contributed by atoms with Crippen molar-refractivity contribution in [1.82, 2.24) is 10.8 Å². The summed E-state index contributed by atoms with van der Waals surface area (Å²) in [5.74, 6) is -4.72. The number of esters is 1. The lowest BCUT2D eigenvalue weighted by molar-refractivity contribution is -0.335. The van der Waals surface area contributed by atoms with Gasteiger partial charge in [-0.05, 0) is 96.1 Å². The number of rotatable bonds is 12. The summed E-state index contributed by atoms with van der Waals surface area (Å²) in [7, 11) is 2.76. The third-order valence-electron chi connectivity index (χ3n) is 20.2. The highest BCUT2D eigenvalue weighted by Gasteiger charge is 2.64. The lowest BCUT2D eigenvalue weighted by Crippen LogP contribution is -2.67. The van der Waals surface area contributed by atoms with Gasteiger partial charge in [-0.2, -0.15) is 5.48 Å². The fourth-order valence-corrected chi connectivity index (χ4v) is 15.8. The molecule has 22 heteroatoms. The Morgan fingerprint density at radius 2 is 1.36 bits per heavy atom. The second kappa shape index (κ2) is 25.2. The van der Waals surface area contributed by atoms with E-state index in [0.29, 0.717) is 24.0 Å². The predicted molar refractivity (Wildman–Crippen MR) is 295 cm³/mol. The Hall–Kier alpha value is -3.69. The van der Waals surface area contributed by atoms with Gasteiger partial charge in [0.1, 0.15) is 29.6 Å². The number of carbonyl (C=O) groups excluding carboxylic acids is 3. The van der Waals surface area contributed by atoms with Gasteiger partial charge in [-0.1, -0.05) is 63.6 Å². The molecule has 5 saturated heterocycles. The number of ketones is 1. The maximum Gasteiger partial charge on any atom is 0.407 e. The Bertz CT molecular complexity index is 2510. The molecule has 0 radical (unpaired) electrons. The number of hydrogen-bond acceptors (Lipinski definition) is 21. The Balaban J connectivity index is 1.01. The van der Waals surface area contributed by atoms with Crippen LogP contribution < -0.4 is 10.8 Å². The number of alkyl carbamates (subject to hydrolysis) is 1. The summed E-state index contributed by atoms with van der Waals surface area (Å²) in [5.41, 5.74) is -0.0548. The van der Waals surface area contributed by atoms with Crippen LogP contribution in [0.5, 0.6) is 0 Å². The fraction of sp³-hybridized carbons (Fsp3) is 0.787. The molecule has 9 aliphatic rings. The van der Waals surface area contributed by atoms with Crippen LogP contribution in [-0.2, 0) is 61.7 Å². The number of carbonyl (C=O) groups is 3. The smallest absolute Gasteiger partial charge is 0.407 e. The van der Waals surface area contributed by atoms with Crippen molar-refractivity contribution < 1.29 is 97.2 Å². The number of hydrogen-bond donors (Lipinski definition) is 8. The summed E-state index contributed by atoms with van der Waals surface area (Å²) < 4.78 is 68.3. The lowest BCUT2D eigenvalue weighted by atomic mass is 9.49. The van der Waals surface area contributed by atoms with Crippen molar-refractivity contribution >= 4 is 17.8 Å². The molecule has 1 saturated carbocycles. The summed E-state index contributed by atoms with van der Waals surface area (Å²) in [6, 6.07) is -0.720. The van der Waals surface area contributed by atoms with Crippen molar-refractivity contribution in [1.29, 1.82) is 0 Å². The maximum atomic E-state index is 15.6. The Kier molecular flexibility index (Phi) is 19.4. The highest BCUT2D eigenvalue weighted by Crippen LogP contribution is 2.61. The van der Waals surface area contributed by atoms with Crippen molar-refractivity contribution in [2.45, 2.75) is 237 Å². The first kappa shape index (κ1) is 63.8. The molecule has 0 aromatic heterocycles. The van der Waals surface area contributed by atoms with E-state index in [4.69, 9.17) is 52.1 Å². The van der Waals surface area contributed by atoms with Crippen molar-refractivity contribution in [2.75, 3.05) is 20.8 Å². The summed E-state index contributed by atoms with van der Waals surface area (Å²) in [4.78, 5) is 42.7. The number of nitrogens with one attached hydrogen (secondary N) is 2. The molecule has 2 bridgehead atoms. The first-order chi connectivity index (χ1) is 39.2. The van der Waals surface area contributed by atoms with E-state index in [1.807, 2.05) is 39.8 Å². The van der Waals surface area contributed by atoms with Gasteiger partial charge in [-0.3, -0.25) is 4.79 Å². The van der Waals surface area contributed by atoms with Crippen LogP contribution in [0.2, 0.25) is 0 Å². The average Bonchev–Trinajstić information content (AvgIpc) is 3.96. The first-order valence-electron chi connectivity index (χ1n) is 29.8. The van der Waals surface area contributed by atoms with Crippen LogP contribution in [0.25, 0.3) is 0 Å². The molecule has 8 N–H and O–H groups in total. The monoisotopic (exact) mass is 1170 g/mol. The fourth-order valence-electron chi connectivity index (χ4n) is 15.8. The van der Waals surface area contributed by atoms with Crippen LogP contribution in [0.1, 0.15) is 121 Å². The van der Waals surface area contributed by atoms with E-state index >= 15 is 4.79 Å². The highest BCUT2D eigenvalue weighted by atomic mass is 16.7. The topological polar surface area (TPSA) is 298 Å². The lowest BCUT2D eigenvalue weighted by Gasteiger charge is -2.56. The van der Waals surface area contributed by atoms with Gasteiger partial charge in [0.15, 0.2) is 30.8 Å². The third kappa shape index (κ3) is 12.1. The van der Waals surface area contributed by atoms with Gasteiger partial charge in [0.05, 0.1) is 80.2 Å². The zero-order valence-electron chi connectivity index (χ0n) is 50.3. The van der Waals surface area contributed by atoms with Crippen molar-refractivity contribution in [3.8, 4) is 0 Å². The maximum absolute atomic E-state index is 15.6. The van der Waals surface area contributed by atoms with Gasteiger partial charge in [-0.25, -0.2) is 9.59 Å². The zero-order valence-corrected chi connectivity index (χ0v) is 50.3. The molecule has 0 aromatic rings. The van der Waals surface area contributed by atoms with E-state index in [9.17, 15) is 40.3 Å². The van der Waals surface area contributed by atoms with E-state index in [2.05, 4.69) is 36.8 Å². The Morgan fingerprint density at radius 1 is 0.735 bits per heavy atom. The summed E-state index contributed by atoms with van der Waals surface area (Å²) >= 11 is 0. The van der Waals surface area contributed by atoms with E-state index in [0.717, 1.165) is 5.57 Å². The van der Waals surface area contributed by atoms with Crippen LogP contribution in [0.15, 0.2) is 58.4 Å².